The van der Waals surface area contributed by atoms with Crippen molar-refractivity contribution in [2.45, 2.75) is 39.7 Å². The van der Waals surface area contributed by atoms with Crippen molar-refractivity contribution in [2.24, 2.45) is 4.99 Å². The minimum absolute atomic E-state index is 0. The van der Waals surface area contributed by atoms with Crippen LogP contribution in [-0.4, -0.2) is 37.6 Å². The summed E-state index contributed by atoms with van der Waals surface area (Å²) in [5.74, 6) is 0.604. The number of carbonyl (C=O) groups excluding carboxylic acids is 1. The van der Waals surface area contributed by atoms with Gasteiger partial charge >= 0.3 is 5.97 Å². The van der Waals surface area contributed by atoms with Crippen molar-refractivity contribution in [1.29, 1.82) is 0 Å². The quantitative estimate of drug-likeness (QED) is 0.224. The van der Waals surface area contributed by atoms with E-state index >= 15 is 0 Å². The standard InChI is InChI=1S/C14H24N4O2S.HI/c1-10-12(21-11(2)18-10)9-17-14(15-3)16-8-6-5-7-13(19)20-4;/h5-9H2,1-4H3,(H2,15,16,17);1H. The molecule has 0 radical (unpaired) electrons. The number of nitrogens with one attached hydrogen (secondary N) is 2. The molecule has 0 aliphatic carbocycles. The molecule has 1 aromatic heterocycles. The molecular formula is C14H25IN4O2S. The van der Waals surface area contributed by atoms with E-state index in [0.29, 0.717) is 6.42 Å². The summed E-state index contributed by atoms with van der Waals surface area (Å²) < 4.78 is 4.60. The first kappa shape index (κ1) is 21.1. The highest BCUT2D eigenvalue weighted by atomic mass is 127. The minimum atomic E-state index is -0.159. The van der Waals surface area contributed by atoms with Gasteiger partial charge in [0.15, 0.2) is 5.96 Å². The molecular weight excluding hydrogens is 415 g/mol. The van der Waals surface area contributed by atoms with Gasteiger partial charge in [-0.15, -0.1) is 35.3 Å². The number of thiazole rings is 1. The number of aromatic nitrogens is 1. The van der Waals surface area contributed by atoms with E-state index in [-0.39, 0.29) is 29.9 Å². The van der Waals surface area contributed by atoms with E-state index in [4.69, 9.17) is 0 Å². The minimum Gasteiger partial charge on any atom is -0.469 e. The highest BCUT2D eigenvalue weighted by molar-refractivity contribution is 14.0. The van der Waals surface area contributed by atoms with Crippen molar-refractivity contribution < 1.29 is 9.53 Å². The van der Waals surface area contributed by atoms with Crippen LogP contribution in [0.1, 0.15) is 34.8 Å². The van der Waals surface area contributed by atoms with Gasteiger partial charge in [-0.1, -0.05) is 0 Å². The van der Waals surface area contributed by atoms with Crippen molar-refractivity contribution in [2.75, 3.05) is 20.7 Å². The van der Waals surface area contributed by atoms with Crippen LogP contribution in [-0.2, 0) is 16.1 Å². The number of unbranched alkanes of at least 4 members (excludes halogenated alkanes) is 1. The number of methoxy groups -OCH3 is 1. The molecule has 0 saturated heterocycles. The number of ether oxygens (including phenoxy) is 1. The Morgan fingerprint density at radius 3 is 2.59 bits per heavy atom. The van der Waals surface area contributed by atoms with Gasteiger partial charge in [-0.25, -0.2) is 4.98 Å². The van der Waals surface area contributed by atoms with Gasteiger partial charge in [0.1, 0.15) is 0 Å². The summed E-state index contributed by atoms with van der Waals surface area (Å²) in [6, 6.07) is 0. The number of rotatable bonds is 7. The highest BCUT2D eigenvalue weighted by Gasteiger charge is 2.05. The van der Waals surface area contributed by atoms with E-state index in [2.05, 4.69) is 25.3 Å². The number of esters is 1. The number of hydrogen-bond acceptors (Lipinski definition) is 5. The fraction of sp³-hybridized carbons (Fsp3) is 0.643. The van der Waals surface area contributed by atoms with Crippen LogP contribution >= 0.6 is 35.3 Å². The molecule has 0 saturated carbocycles. The molecule has 0 amide bonds. The number of aryl methyl sites for hydroxylation is 2. The van der Waals surface area contributed by atoms with Gasteiger partial charge in [0.2, 0.25) is 0 Å². The first-order valence-corrected chi connectivity index (χ1v) is 7.82. The number of nitrogens with zero attached hydrogens (tertiary/aromatic N) is 2. The maximum atomic E-state index is 11.0. The van der Waals surface area contributed by atoms with Crippen molar-refractivity contribution in [3.63, 3.8) is 0 Å². The van der Waals surface area contributed by atoms with Crippen LogP contribution in [0.15, 0.2) is 4.99 Å². The molecule has 1 rings (SSSR count). The van der Waals surface area contributed by atoms with Crippen molar-refractivity contribution >= 4 is 47.2 Å². The largest absolute Gasteiger partial charge is 0.469 e. The second-order valence-electron chi connectivity index (χ2n) is 4.63. The van der Waals surface area contributed by atoms with Gasteiger partial charge in [0.25, 0.3) is 0 Å². The van der Waals surface area contributed by atoms with Crippen LogP contribution < -0.4 is 10.6 Å². The lowest BCUT2D eigenvalue weighted by Crippen LogP contribution is -2.37. The normalized spacial score (nSPS) is 10.8. The molecule has 0 unspecified atom stereocenters. The summed E-state index contributed by atoms with van der Waals surface area (Å²) >= 11 is 1.70. The number of halogens is 1. The van der Waals surface area contributed by atoms with Crippen molar-refractivity contribution in [3.8, 4) is 0 Å². The van der Waals surface area contributed by atoms with Crippen molar-refractivity contribution in [1.82, 2.24) is 15.6 Å². The van der Waals surface area contributed by atoms with Gasteiger partial charge in [-0.2, -0.15) is 0 Å². The fourth-order valence-corrected chi connectivity index (χ4v) is 2.70. The van der Waals surface area contributed by atoms with E-state index in [1.54, 1.807) is 18.4 Å². The second kappa shape index (κ2) is 11.6. The Labute approximate surface area is 153 Å². The van der Waals surface area contributed by atoms with Gasteiger partial charge in [0, 0.05) is 24.9 Å². The molecule has 1 aromatic rings. The van der Waals surface area contributed by atoms with Gasteiger partial charge < -0.3 is 15.4 Å². The van der Waals surface area contributed by atoms with Crippen LogP contribution in [0.3, 0.4) is 0 Å². The number of carbonyl (C=O) groups is 1. The number of hydrogen-bond donors (Lipinski definition) is 2. The van der Waals surface area contributed by atoms with Crippen LogP contribution in [0.2, 0.25) is 0 Å². The average Bonchev–Trinajstić information content (AvgIpc) is 2.79. The zero-order chi connectivity index (χ0) is 15.7. The Kier molecular flexibility index (Phi) is 11.2. The summed E-state index contributed by atoms with van der Waals surface area (Å²) in [4.78, 5) is 20.8. The molecule has 6 nitrogen and oxygen atoms in total. The lowest BCUT2D eigenvalue weighted by molar-refractivity contribution is -0.140. The molecule has 0 aliphatic heterocycles. The zero-order valence-corrected chi connectivity index (χ0v) is 16.7. The van der Waals surface area contributed by atoms with Crippen LogP contribution in [0.5, 0.6) is 0 Å². The van der Waals surface area contributed by atoms with E-state index in [1.165, 1.54) is 12.0 Å². The Hall–Kier alpha value is -0.900. The molecule has 1 heterocycles. The van der Waals surface area contributed by atoms with E-state index in [0.717, 1.165) is 42.6 Å². The van der Waals surface area contributed by atoms with E-state index in [9.17, 15) is 4.79 Å². The summed E-state index contributed by atoms with van der Waals surface area (Å²) in [6.45, 7) is 5.52. The molecule has 2 N–H and O–H groups in total. The molecule has 0 bridgehead atoms. The van der Waals surface area contributed by atoms with Gasteiger partial charge in [0.05, 0.1) is 24.4 Å². The van der Waals surface area contributed by atoms with Crippen LogP contribution in [0.25, 0.3) is 0 Å². The molecule has 22 heavy (non-hydrogen) atoms. The smallest absolute Gasteiger partial charge is 0.305 e. The molecule has 0 aromatic carbocycles. The zero-order valence-electron chi connectivity index (χ0n) is 13.6. The third-order valence-electron chi connectivity index (χ3n) is 2.97. The number of guanidine groups is 1. The lowest BCUT2D eigenvalue weighted by atomic mass is 10.2. The predicted molar refractivity (Wildman–Crippen MR) is 101 cm³/mol. The summed E-state index contributed by atoms with van der Waals surface area (Å²) in [6.07, 6.45) is 2.17. The first-order chi connectivity index (χ1) is 10.1. The first-order valence-electron chi connectivity index (χ1n) is 7.01. The average molecular weight is 440 g/mol. The molecule has 0 spiro atoms. The summed E-state index contributed by atoms with van der Waals surface area (Å²) in [7, 11) is 3.16. The maximum Gasteiger partial charge on any atom is 0.305 e. The lowest BCUT2D eigenvalue weighted by Gasteiger charge is -2.11. The summed E-state index contributed by atoms with van der Waals surface area (Å²) in [5.41, 5.74) is 1.07. The maximum absolute atomic E-state index is 11.0. The van der Waals surface area contributed by atoms with Gasteiger partial charge in [-0.05, 0) is 26.7 Å². The Bertz CT molecular complexity index is 491. The highest BCUT2D eigenvalue weighted by Crippen LogP contribution is 2.16. The Balaban J connectivity index is 0.00000441. The molecule has 8 heteroatoms. The summed E-state index contributed by atoms with van der Waals surface area (Å²) in [5, 5.41) is 7.58. The third kappa shape index (κ3) is 7.92. The SMILES string of the molecule is CN=C(NCCCCC(=O)OC)NCc1sc(C)nc1C.I. The van der Waals surface area contributed by atoms with E-state index < -0.39 is 0 Å². The molecule has 0 aliphatic rings. The Morgan fingerprint density at radius 2 is 2.05 bits per heavy atom. The van der Waals surface area contributed by atoms with Gasteiger partial charge in [-0.3, -0.25) is 9.79 Å². The topological polar surface area (TPSA) is 75.6 Å². The second-order valence-corrected chi connectivity index (χ2v) is 5.91. The molecule has 0 fully saturated rings. The number of aliphatic imine (C=N–C) groups is 1. The van der Waals surface area contributed by atoms with Crippen LogP contribution in [0, 0.1) is 13.8 Å². The fourth-order valence-electron chi connectivity index (χ4n) is 1.83. The molecule has 0 atom stereocenters. The monoisotopic (exact) mass is 440 g/mol. The third-order valence-corrected chi connectivity index (χ3v) is 4.04. The van der Waals surface area contributed by atoms with E-state index in [1.807, 2.05) is 13.8 Å². The molecule has 126 valence electrons. The van der Waals surface area contributed by atoms with Crippen LogP contribution in [0.4, 0.5) is 0 Å². The predicted octanol–water partition coefficient (Wildman–Crippen LogP) is 2.39. The Morgan fingerprint density at radius 1 is 1.32 bits per heavy atom. The van der Waals surface area contributed by atoms with Crippen molar-refractivity contribution in [3.05, 3.63) is 15.6 Å².